The summed E-state index contributed by atoms with van der Waals surface area (Å²) >= 11 is 3.48. The average Bonchev–Trinajstić information content (AvgIpc) is 3.02. The highest BCUT2D eigenvalue weighted by Crippen LogP contribution is 2.28. The molecule has 1 atom stereocenters. The summed E-state index contributed by atoms with van der Waals surface area (Å²) in [4.78, 5) is 15.8. The van der Waals surface area contributed by atoms with Gasteiger partial charge in [-0.05, 0) is 54.7 Å². The van der Waals surface area contributed by atoms with Crippen molar-refractivity contribution in [1.29, 1.82) is 0 Å². The van der Waals surface area contributed by atoms with E-state index < -0.39 is 5.97 Å². The molecule has 0 amide bonds. The average molecular weight is 485 g/mol. The number of nitrogens with zero attached hydrogens (tertiary/aromatic N) is 2. The molecule has 31 heavy (non-hydrogen) atoms. The molecule has 0 spiro atoms. The van der Waals surface area contributed by atoms with Crippen LogP contribution >= 0.6 is 15.9 Å². The lowest BCUT2D eigenvalue weighted by atomic mass is 9.92. The van der Waals surface area contributed by atoms with Crippen molar-refractivity contribution < 1.29 is 14.6 Å². The van der Waals surface area contributed by atoms with Gasteiger partial charge in [0.1, 0.15) is 11.6 Å². The van der Waals surface area contributed by atoms with Crippen LogP contribution in [-0.2, 0) is 24.7 Å². The first kappa shape index (κ1) is 23.1. The fourth-order valence-electron chi connectivity index (χ4n) is 3.97. The number of imidazole rings is 1. The zero-order valence-corrected chi connectivity index (χ0v) is 20.1. The molecule has 3 rings (SSSR count). The molecule has 1 unspecified atom stereocenters. The summed E-state index contributed by atoms with van der Waals surface area (Å²) in [7, 11) is 2.04. The number of hydrogen-bond donors (Lipinski definition) is 1. The number of carboxylic acids is 1. The molecule has 0 saturated carbocycles. The highest BCUT2D eigenvalue weighted by atomic mass is 79.9. The lowest BCUT2D eigenvalue weighted by Gasteiger charge is -2.16. The first-order valence-corrected chi connectivity index (χ1v) is 11.3. The van der Waals surface area contributed by atoms with Crippen molar-refractivity contribution in [2.75, 3.05) is 6.61 Å². The topological polar surface area (TPSA) is 64.4 Å². The van der Waals surface area contributed by atoms with Gasteiger partial charge in [-0.25, -0.2) is 4.98 Å². The van der Waals surface area contributed by atoms with Crippen LogP contribution in [0.4, 0.5) is 0 Å². The second-order valence-corrected chi connectivity index (χ2v) is 8.76. The van der Waals surface area contributed by atoms with Gasteiger partial charge in [0.25, 0.3) is 0 Å². The predicted molar refractivity (Wildman–Crippen MR) is 127 cm³/mol. The Labute approximate surface area is 192 Å². The van der Waals surface area contributed by atoms with Gasteiger partial charge in [-0.3, -0.25) is 4.79 Å². The molecule has 164 valence electrons. The summed E-state index contributed by atoms with van der Waals surface area (Å²) in [5.41, 5.74) is 5.47. The Morgan fingerprint density at radius 3 is 2.58 bits per heavy atom. The third-order valence-corrected chi connectivity index (χ3v) is 6.16. The smallest absolute Gasteiger partial charge is 0.303 e. The molecular weight excluding hydrogens is 456 g/mol. The maximum Gasteiger partial charge on any atom is 0.303 e. The molecule has 1 aromatic heterocycles. The van der Waals surface area contributed by atoms with Gasteiger partial charge in [-0.2, -0.15) is 0 Å². The number of halogens is 1. The summed E-state index contributed by atoms with van der Waals surface area (Å²) in [6.07, 6.45) is 1.73. The van der Waals surface area contributed by atoms with E-state index in [-0.39, 0.29) is 12.3 Å². The van der Waals surface area contributed by atoms with Crippen molar-refractivity contribution in [3.05, 3.63) is 69.5 Å². The Kier molecular flexibility index (Phi) is 7.55. The van der Waals surface area contributed by atoms with Gasteiger partial charge in [-0.1, -0.05) is 48.0 Å². The fraction of sp³-hybridized carbons (Fsp3) is 0.360. The van der Waals surface area contributed by atoms with Gasteiger partial charge in [0.05, 0.1) is 18.7 Å². The molecule has 0 bridgehead atoms. The highest BCUT2D eigenvalue weighted by Gasteiger charge is 2.15. The Hall–Kier alpha value is -2.60. The van der Waals surface area contributed by atoms with Crippen LogP contribution in [0.2, 0.25) is 0 Å². The molecule has 1 heterocycles. The summed E-state index contributed by atoms with van der Waals surface area (Å²) < 4.78 is 9.23. The standard InChI is InChI=1S/C25H29BrN2O3/c1-5-18-15-21(10-11-22(18)16(2)14-24(29)30)31-13-12-23-17(3)27-25(28(23)4)19-6-8-20(26)9-7-19/h6-11,15-16H,5,12-14H2,1-4H3,(H,29,30). The van der Waals surface area contributed by atoms with Crippen LogP contribution in [0.15, 0.2) is 46.9 Å². The second-order valence-electron chi connectivity index (χ2n) is 7.84. The van der Waals surface area contributed by atoms with Crippen LogP contribution in [0.25, 0.3) is 11.4 Å². The maximum atomic E-state index is 11.1. The summed E-state index contributed by atoms with van der Waals surface area (Å²) in [6.45, 7) is 6.62. The number of carboxylic acid groups (broad SMARTS) is 1. The maximum absolute atomic E-state index is 11.1. The van der Waals surface area contributed by atoms with E-state index in [1.54, 1.807) is 0 Å². The number of hydrogen-bond acceptors (Lipinski definition) is 3. The predicted octanol–water partition coefficient (Wildman–Crippen LogP) is 5.92. The molecule has 0 fully saturated rings. The third kappa shape index (κ3) is 5.56. The van der Waals surface area contributed by atoms with E-state index in [0.717, 1.165) is 57.0 Å². The normalized spacial score (nSPS) is 12.0. The molecule has 2 aromatic carbocycles. The number of aliphatic carboxylic acids is 1. The van der Waals surface area contributed by atoms with Crippen LogP contribution in [0, 0.1) is 6.92 Å². The van der Waals surface area contributed by atoms with Crippen LogP contribution in [0.1, 0.15) is 48.7 Å². The van der Waals surface area contributed by atoms with Crippen molar-refractivity contribution in [2.24, 2.45) is 7.05 Å². The molecule has 3 aromatic rings. The lowest BCUT2D eigenvalue weighted by molar-refractivity contribution is -0.137. The molecule has 5 nitrogen and oxygen atoms in total. The molecule has 6 heteroatoms. The minimum Gasteiger partial charge on any atom is -0.493 e. The Morgan fingerprint density at radius 1 is 1.23 bits per heavy atom. The second kappa shape index (κ2) is 10.1. The van der Waals surface area contributed by atoms with E-state index >= 15 is 0 Å². The quantitative estimate of drug-likeness (QED) is 0.409. The van der Waals surface area contributed by atoms with E-state index in [9.17, 15) is 4.79 Å². The van der Waals surface area contributed by atoms with E-state index in [2.05, 4.69) is 39.6 Å². The first-order chi connectivity index (χ1) is 14.8. The number of rotatable bonds is 9. The van der Waals surface area contributed by atoms with Crippen LogP contribution < -0.4 is 4.74 Å². The highest BCUT2D eigenvalue weighted by molar-refractivity contribution is 9.10. The molecular formula is C25H29BrN2O3. The van der Waals surface area contributed by atoms with Gasteiger partial charge in [-0.15, -0.1) is 0 Å². The van der Waals surface area contributed by atoms with E-state index in [1.165, 1.54) is 0 Å². The molecule has 0 aliphatic heterocycles. The van der Waals surface area contributed by atoms with E-state index in [0.29, 0.717) is 6.61 Å². The Bertz CT molecular complexity index is 1060. The van der Waals surface area contributed by atoms with Crippen molar-refractivity contribution >= 4 is 21.9 Å². The Balaban J connectivity index is 1.69. The van der Waals surface area contributed by atoms with Crippen LogP contribution in [-0.4, -0.2) is 27.2 Å². The summed E-state index contributed by atoms with van der Waals surface area (Å²) in [6, 6.07) is 14.1. The SMILES string of the molecule is CCc1cc(OCCc2c(C)nc(-c3ccc(Br)cc3)n2C)ccc1C(C)CC(=O)O. The first-order valence-electron chi connectivity index (χ1n) is 10.6. The van der Waals surface area contributed by atoms with Gasteiger partial charge in [0.15, 0.2) is 0 Å². The minimum atomic E-state index is -0.774. The van der Waals surface area contributed by atoms with Gasteiger partial charge < -0.3 is 14.4 Å². The van der Waals surface area contributed by atoms with Crippen molar-refractivity contribution in [3.8, 4) is 17.1 Å². The molecule has 0 aliphatic rings. The van der Waals surface area contributed by atoms with Gasteiger partial charge in [0.2, 0.25) is 0 Å². The molecule has 0 aliphatic carbocycles. The van der Waals surface area contributed by atoms with E-state index in [1.807, 2.05) is 51.2 Å². The number of carbonyl (C=O) groups is 1. The molecule has 0 radical (unpaired) electrons. The number of aryl methyl sites for hydroxylation is 2. The van der Waals surface area contributed by atoms with Crippen LogP contribution in [0.5, 0.6) is 5.75 Å². The van der Waals surface area contributed by atoms with E-state index in [4.69, 9.17) is 14.8 Å². The lowest BCUT2D eigenvalue weighted by Crippen LogP contribution is -2.08. The number of aromatic nitrogens is 2. The van der Waals surface area contributed by atoms with Crippen molar-refractivity contribution in [2.45, 2.75) is 46.0 Å². The van der Waals surface area contributed by atoms with Gasteiger partial charge in [0, 0.05) is 29.2 Å². The fourth-order valence-corrected chi connectivity index (χ4v) is 4.24. The van der Waals surface area contributed by atoms with Crippen molar-refractivity contribution in [1.82, 2.24) is 9.55 Å². The zero-order chi connectivity index (χ0) is 22.5. The molecule has 0 saturated heterocycles. The Morgan fingerprint density at radius 2 is 1.94 bits per heavy atom. The number of ether oxygens (including phenoxy) is 1. The largest absolute Gasteiger partial charge is 0.493 e. The summed E-state index contributed by atoms with van der Waals surface area (Å²) in [5.74, 6) is 0.973. The molecule has 1 N–H and O–H groups in total. The number of benzene rings is 2. The minimum absolute atomic E-state index is 0.0179. The zero-order valence-electron chi connectivity index (χ0n) is 18.5. The van der Waals surface area contributed by atoms with Crippen LogP contribution in [0.3, 0.4) is 0 Å². The van der Waals surface area contributed by atoms with Gasteiger partial charge >= 0.3 is 5.97 Å². The van der Waals surface area contributed by atoms with Crippen molar-refractivity contribution in [3.63, 3.8) is 0 Å². The summed E-state index contributed by atoms with van der Waals surface area (Å²) in [5, 5.41) is 9.09. The monoisotopic (exact) mass is 484 g/mol. The third-order valence-electron chi connectivity index (χ3n) is 5.63.